The quantitative estimate of drug-likeness (QED) is 0.868. The van der Waals surface area contributed by atoms with Crippen LogP contribution in [-0.2, 0) is 4.74 Å². The maximum atomic E-state index is 6.28. The van der Waals surface area contributed by atoms with Gasteiger partial charge in [0.15, 0.2) is 5.15 Å². The molecule has 0 spiro atoms. The van der Waals surface area contributed by atoms with Crippen molar-refractivity contribution in [3.8, 4) is 5.69 Å². The molecule has 0 bridgehead atoms. The third kappa shape index (κ3) is 2.14. The van der Waals surface area contributed by atoms with Crippen LogP contribution in [0.2, 0.25) is 5.15 Å². The highest BCUT2D eigenvalue weighted by molar-refractivity contribution is 6.32. The van der Waals surface area contributed by atoms with Crippen molar-refractivity contribution in [2.45, 2.75) is 20.0 Å². The fourth-order valence-electron chi connectivity index (χ4n) is 2.19. The Labute approximate surface area is 122 Å². The van der Waals surface area contributed by atoms with Crippen molar-refractivity contribution in [3.63, 3.8) is 0 Å². The average Bonchev–Trinajstić information content (AvgIpc) is 2.85. The van der Waals surface area contributed by atoms with Gasteiger partial charge in [0.2, 0.25) is 0 Å². The van der Waals surface area contributed by atoms with Gasteiger partial charge in [0.25, 0.3) is 0 Å². The van der Waals surface area contributed by atoms with E-state index in [-0.39, 0.29) is 6.10 Å². The first-order chi connectivity index (χ1) is 9.70. The number of anilines is 1. The van der Waals surface area contributed by atoms with Gasteiger partial charge in [-0.05, 0) is 26.0 Å². The molecule has 3 rings (SSSR count). The number of likely N-dealkylation sites (N-methyl/N-ethyl adjacent to an activating group) is 1. The Balaban J connectivity index is 1.96. The van der Waals surface area contributed by atoms with Crippen LogP contribution < -0.4 is 4.90 Å². The van der Waals surface area contributed by atoms with Crippen LogP contribution in [0.25, 0.3) is 5.69 Å². The van der Waals surface area contributed by atoms with Crippen LogP contribution in [0, 0.1) is 0 Å². The number of nitrogens with zero attached hydrogens (tertiary/aromatic N) is 4. The predicted molar refractivity (Wildman–Crippen MR) is 78.0 cm³/mol. The first-order valence-corrected chi connectivity index (χ1v) is 6.87. The first kappa shape index (κ1) is 13.0. The molecule has 1 atom stereocenters. The SMILES string of the molecule is CCN(C1=COC1C)c1cn(-c2cccnc2)nc1Cl. The Kier molecular flexibility index (Phi) is 3.36. The minimum Gasteiger partial charge on any atom is -0.490 e. The van der Waals surface area contributed by atoms with E-state index < -0.39 is 0 Å². The van der Waals surface area contributed by atoms with Gasteiger partial charge in [0.05, 0.1) is 29.5 Å². The van der Waals surface area contributed by atoms with Gasteiger partial charge in [-0.25, -0.2) is 4.68 Å². The zero-order valence-electron chi connectivity index (χ0n) is 11.3. The molecule has 0 amide bonds. The summed E-state index contributed by atoms with van der Waals surface area (Å²) in [5.74, 6) is 0. The minimum atomic E-state index is 0.0905. The zero-order chi connectivity index (χ0) is 14.1. The standard InChI is InChI=1S/C14H15ClN4O/c1-3-18(13-9-20-10(13)2)12-8-19(17-14(12)15)11-5-4-6-16-7-11/h4-10H,3H2,1-2H3. The first-order valence-electron chi connectivity index (χ1n) is 6.49. The van der Waals surface area contributed by atoms with Crippen molar-refractivity contribution >= 4 is 17.3 Å². The monoisotopic (exact) mass is 290 g/mol. The van der Waals surface area contributed by atoms with Crippen molar-refractivity contribution in [2.75, 3.05) is 11.4 Å². The second-order valence-electron chi connectivity index (χ2n) is 4.53. The summed E-state index contributed by atoms with van der Waals surface area (Å²) in [6.45, 7) is 4.89. The molecule has 2 aromatic rings. The molecule has 0 saturated carbocycles. The van der Waals surface area contributed by atoms with E-state index in [4.69, 9.17) is 16.3 Å². The van der Waals surface area contributed by atoms with Crippen molar-refractivity contribution in [2.24, 2.45) is 0 Å². The highest BCUT2D eigenvalue weighted by Crippen LogP contribution is 2.32. The lowest BCUT2D eigenvalue weighted by atomic mass is 10.2. The third-order valence-electron chi connectivity index (χ3n) is 3.29. The van der Waals surface area contributed by atoms with Crippen molar-refractivity contribution in [1.82, 2.24) is 14.8 Å². The Morgan fingerprint density at radius 1 is 1.50 bits per heavy atom. The summed E-state index contributed by atoms with van der Waals surface area (Å²) in [7, 11) is 0. The summed E-state index contributed by atoms with van der Waals surface area (Å²) in [5, 5.41) is 4.82. The fraction of sp³-hybridized carbons (Fsp3) is 0.286. The molecule has 0 saturated heterocycles. The van der Waals surface area contributed by atoms with Crippen LogP contribution in [0.15, 0.2) is 42.7 Å². The second kappa shape index (κ2) is 5.17. The Bertz CT molecular complexity index is 638. The molecule has 5 nitrogen and oxygen atoms in total. The van der Waals surface area contributed by atoms with Crippen LogP contribution in [-0.4, -0.2) is 27.4 Å². The van der Waals surface area contributed by atoms with E-state index >= 15 is 0 Å². The number of pyridine rings is 1. The lowest BCUT2D eigenvalue weighted by Crippen LogP contribution is -2.34. The molecule has 0 aliphatic carbocycles. The van der Waals surface area contributed by atoms with Gasteiger partial charge in [0.1, 0.15) is 12.4 Å². The number of ether oxygens (including phenoxy) is 1. The van der Waals surface area contributed by atoms with E-state index in [0.29, 0.717) is 5.15 Å². The molecule has 3 heterocycles. The Morgan fingerprint density at radius 2 is 2.35 bits per heavy atom. The molecule has 0 radical (unpaired) electrons. The normalized spacial score (nSPS) is 17.1. The van der Waals surface area contributed by atoms with Gasteiger partial charge in [-0.15, -0.1) is 0 Å². The van der Waals surface area contributed by atoms with Crippen molar-refractivity contribution in [3.05, 3.63) is 47.8 Å². The Morgan fingerprint density at radius 3 is 2.90 bits per heavy atom. The summed E-state index contributed by atoms with van der Waals surface area (Å²) in [5.41, 5.74) is 2.86. The molecule has 1 unspecified atom stereocenters. The van der Waals surface area contributed by atoms with Gasteiger partial charge >= 0.3 is 0 Å². The third-order valence-corrected chi connectivity index (χ3v) is 3.56. The summed E-state index contributed by atoms with van der Waals surface area (Å²) >= 11 is 6.28. The van der Waals surface area contributed by atoms with Crippen LogP contribution in [0.1, 0.15) is 13.8 Å². The molecule has 1 aliphatic rings. The summed E-state index contributed by atoms with van der Waals surface area (Å²) in [4.78, 5) is 6.20. The lowest BCUT2D eigenvalue weighted by Gasteiger charge is -2.34. The molecule has 20 heavy (non-hydrogen) atoms. The van der Waals surface area contributed by atoms with Gasteiger partial charge in [0, 0.05) is 12.7 Å². The summed E-state index contributed by atoms with van der Waals surface area (Å²) < 4.78 is 7.03. The molecule has 0 aromatic carbocycles. The molecule has 6 heteroatoms. The maximum absolute atomic E-state index is 6.28. The van der Waals surface area contributed by atoms with Crippen molar-refractivity contribution in [1.29, 1.82) is 0 Å². The topological polar surface area (TPSA) is 43.2 Å². The highest BCUT2D eigenvalue weighted by Gasteiger charge is 2.27. The number of aromatic nitrogens is 3. The molecule has 0 fully saturated rings. The average molecular weight is 291 g/mol. The summed E-state index contributed by atoms with van der Waals surface area (Å²) in [6.07, 6.45) is 7.23. The van der Waals surface area contributed by atoms with Gasteiger partial charge in [-0.1, -0.05) is 11.6 Å². The smallest absolute Gasteiger partial charge is 0.175 e. The Hall–Kier alpha value is -2.01. The molecule has 1 aliphatic heterocycles. The molecular weight excluding hydrogens is 276 g/mol. The van der Waals surface area contributed by atoms with Crippen LogP contribution in [0.4, 0.5) is 5.69 Å². The number of rotatable bonds is 4. The van der Waals surface area contributed by atoms with Crippen LogP contribution >= 0.6 is 11.6 Å². The van der Waals surface area contributed by atoms with E-state index in [9.17, 15) is 0 Å². The van der Waals surface area contributed by atoms with Gasteiger partial charge in [-0.3, -0.25) is 4.98 Å². The minimum absolute atomic E-state index is 0.0905. The predicted octanol–water partition coefficient (Wildman–Crippen LogP) is 3.01. The van der Waals surface area contributed by atoms with E-state index in [0.717, 1.165) is 23.6 Å². The summed E-state index contributed by atoms with van der Waals surface area (Å²) in [6, 6.07) is 3.80. The number of halogens is 1. The van der Waals surface area contributed by atoms with E-state index in [1.165, 1.54) is 0 Å². The molecule has 104 valence electrons. The van der Waals surface area contributed by atoms with Crippen molar-refractivity contribution < 1.29 is 4.74 Å². The fourth-order valence-corrected chi connectivity index (χ4v) is 2.42. The van der Waals surface area contributed by atoms with E-state index in [2.05, 4.69) is 21.9 Å². The number of hydrogen-bond donors (Lipinski definition) is 0. The zero-order valence-corrected chi connectivity index (χ0v) is 12.1. The second-order valence-corrected chi connectivity index (χ2v) is 4.88. The highest BCUT2D eigenvalue weighted by atomic mass is 35.5. The van der Waals surface area contributed by atoms with Crippen LogP contribution in [0.5, 0.6) is 0 Å². The molecular formula is C14H15ClN4O. The maximum Gasteiger partial charge on any atom is 0.175 e. The molecule has 0 N–H and O–H groups in total. The number of hydrogen-bond acceptors (Lipinski definition) is 4. The van der Waals surface area contributed by atoms with E-state index in [1.807, 2.05) is 25.3 Å². The lowest BCUT2D eigenvalue weighted by molar-refractivity contribution is 0.133. The van der Waals surface area contributed by atoms with E-state index in [1.54, 1.807) is 23.3 Å². The van der Waals surface area contributed by atoms with Crippen LogP contribution in [0.3, 0.4) is 0 Å². The van der Waals surface area contributed by atoms with Gasteiger partial charge in [-0.2, -0.15) is 5.10 Å². The largest absolute Gasteiger partial charge is 0.490 e. The molecule has 2 aromatic heterocycles. The van der Waals surface area contributed by atoms with Gasteiger partial charge < -0.3 is 9.64 Å².